The lowest BCUT2D eigenvalue weighted by Crippen LogP contribution is -2.44. The van der Waals surface area contributed by atoms with Crippen molar-refractivity contribution in [1.29, 1.82) is 0 Å². The lowest BCUT2D eigenvalue weighted by Gasteiger charge is -2.42. The molecule has 4 nitrogen and oxygen atoms in total. The van der Waals surface area contributed by atoms with Crippen LogP contribution in [0.2, 0.25) is 0 Å². The number of hydrogen-bond acceptors (Lipinski definition) is 4. The zero-order valence-corrected chi connectivity index (χ0v) is 10.9. The van der Waals surface area contributed by atoms with Gasteiger partial charge in [0.05, 0.1) is 11.7 Å². The average Bonchev–Trinajstić information content (AvgIpc) is 2.36. The number of aromatic nitrogens is 1. The summed E-state index contributed by atoms with van der Waals surface area (Å²) < 4.78 is 5.55. The maximum absolute atomic E-state index is 10.4. The van der Waals surface area contributed by atoms with Crippen LogP contribution in [0.3, 0.4) is 0 Å². The van der Waals surface area contributed by atoms with Crippen molar-refractivity contribution < 1.29 is 9.84 Å². The van der Waals surface area contributed by atoms with Gasteiger partial charge in [0, 0.05) is 37.9 Å². The van der Waals surface area contributed by atoms with Crippen LogP contribution in [-0.2, 0) is 4.74 Å². The van der Waals surface area contributed by atoms with E-state index in [-0.39, 0.29) is 11.5 Å². The number of pyridine rings is 1. The topological polar surface area (TPSA) is 68.4 Å². The molecular formula is C14H22N2O2. The molecule has 1 fully saturated rings. The number of nitrogens with zero attached hydrogens (tertiary/aromatic N) is 1. The second-order valence-corrected chi connectivity index (χ2v) is 5.11. The summed E-state index contributed by atoms with van der Waals surface area (Å²) in [5, 5.41) is 10.4. The monoisotopic (exact) mass is 250 g/mol. The molecule has 1 aliphatic carbocycles. The van der Waals surface area contributed by atoms with Crippen molar-refractivity contribution in [3.05, 3.63) is 30.1 Å². The Kier molecular flexibility index (Phi) is 4.32. The standard InChI is InChI=1S/C14H22N2O2/c1-18-14(6-4-7-14)9-13(17)11(10-15)12-5-2-3-8-16-12/h2-3,5,8,11,13,17H,4,6-7,9-10,15H2,1H3. The van der Waals surface area contributed by atoms with Crippen molar-refractivity contribution >= 4 is 0 Å². The highest BCUT2D eigenvalue weighted by Gasteiger charge is 2.40. The van der Waals surface area contributed by atoms with Crippen LogP contribution in [0.4, 0.5) is 0 Å². The molecule has 1 heterocycles. The van der Waals surface area contributed by atoms with Crippen molar-refractivity contribution in [2.45, 2.75) is 43.3 Å². The molecular weight excluding hydrogens is 228 g/mol. The zero-order chi connectivity index (χ0) is 13.0. The van der Waals surface area contributed by atoms with E-state index in [1.54, 1.807) is 13.3 Å². The van der Waals surface area contributed by atoms with Crippen LogP contribution < -0.4 is 5.73 Å². The summed E-state index contributed by atoms with van der Waals surface area (Å²) in [6.07, 6.45) is 5.12. The number of aliphatic hydroxyl groups is 1. The van der Waals surface area contributed by atoms with Gasteiger partial charge >= 0.3 is 0 Å². The number of rotatable bonds is 6. The summed E-state index contributed by atoms with van der Waals surface area (Å²) >= 11 is 0. The average molecular weight is 250 g/mol. The van der Waals surface area contributed by atoms with Gasteiger partial charge in [0.25, 0.3) is 0 Å². The molecule has 0 bridgehead atoms. The fourth-order valence-electron chi connectivity index (χ4n) is 2.66. The summed E-state index contributed by atoms with van der Waals surface area (Å²) in [6, 6.07) is 5.71. The van der Waals surface area contributed by atoms with Gasteiger partial charge in [-0.1, -0.05) is 6.07 Å². The van der Waals surface area contributed by atoms with Crippen LogP contribution in [-0.4, -0.2) is 35.5 Å². The summed E-state index contributed by atoms with van der Waals surface area (Å²) in [5.74, 6) is -0.112. The summed E-state index contributed by atoms with van der Waals surface area (Å²) in [5.41, 5.74) is 6.51. The molecule has 0 amide bonds. The molecule has 3 N–H and O–H groups in total. The van der Waals surface area contributed by atoms with Gasteiger partial charge in [-0.05, 0) is 31.4 Å². The summed E-state index contributed by atoms with van der Waals surface area (Å²) in [6.45, 7) is 0.401. The highest BCUT2D eigenvalue weighted by molar-refractivity contribution is 5.12. The van der Waals surface area contributed by atoms with E-state index in [1.165, 1.54) is 6.42 Å². The minimum absolute atomic E-state index is 0.112. The van der Waals surface area contributed by atoms with Crippen molar-refractivity contribution in [1.82, 2.24) is 4.98 Å². The van der Waals surface area contributed by atoms with Gasteiger partial charge in [0.15, 0.2) is 0 Å². The minimum atomic E-state index is -0.495. The van der Waals surface area contributed by atoms with Crippen molar-refractivity contribution in [2.24, 2.45) is 5.73 Å². The predicted molar refractivity (Wildman–Crippen MR) is 70.2 cm³/mol. The molecule has 1 aliphatic rings. The van der Waals surface area contributed by atoms with Crippen LogP contribution in [0.1, 0.15) is 37.3 Å². The van der Waals surface area contributed by atoms with E-state index >= 15 is 0 Å². The Morgan fingerprint density at radius 3 is 2.72 bits per heavy atom. The van der Waals surface area contributed by atoms with E-state index < -0.39 is 6.10 Å². The first-order chi connectivity index (χ1) is 8.71. The molecule has 0 spiro atoms. The normalized spacial score (nSPS) is 21.1. The molecule has 0 aromatic carbocycles. The Bertz CT molecular complexity index is 360. The van der Waals surface area contributed by atoms with Crippen LogP contribution in [0, 0.1) is 0 Å². The quantitative estimate of drug-likeness (QED) is 0.801. The highest BCUT2D eigenvalue weighted by atomic mass is 16.5. The maximum Gasteiger partial charge on any atom is 0.0703 e. The number of nitrogens with two attached hydrogens (primary N) is 1. The fraction of sp³-hybridized carbons (Fsp3) is 0.643. The van der Waals surface area contributed by atoms with Gasteiger partial charge in [-0.25, -0.2) is 0 Å². The Hall–Kier alpha value is -0.970. The van der Waals surface area contributed by atoms with E-state index in [2.05, 4.69) is 4.98 Å². The Morgan fingerprint density at radius 1 is 1.50 bits per heavy atom. The number of hydrogen-bond donors (Lipinski definition) is 2. The molecule has 0 aliphatic heterocycles. The molecule has 2 unspecified atom stereocenters. The molecule has 0 radical (unpaired) electrons. The number of methoxy groups -OCH3 is 1. The molecule has 18 heavy (non-hydrogen) atoms. The zero-order valence-electron chi connectivity index (χ0n) is 10.9. The highest BCUT2D eigenvalue weighted by Crippen LogP contribution is 2.40. The van der Waals surface area contributed by atoms with Gasteiger partial charge in [0.2, 0.25) is 0 Å². The van der Waals surface area contributed by atoms with Gasteiger partial charge in [-0.2, -0.15) is 0 Å². The molecule has 2 atom stereocenters. The van der Waals surface area contributed by atoms with E-state index in [4.69, 9.17) is 10.5 Å². The SMILES string of the molecule is COC1(CC(O)C(CN)c2ccccn2)CCC1. The molecule has 100 valence electrons. The van der Waals surface area contributed by atoms with Gasteiger partial charge in [-0.3, -0.25) is 4.98 Å². The second kappa shape index (κ2) is 5.78. The van der Waals surface area contributed by atoms with E-state index in [0.29, 0.717) is 13.0 Å². The largest absolute Gasteiger partial charge is 0.392 e. The summed E-state index contributed by atoms with van der Waals surface area (Å²) in [4.78, 5) is 4.29. The lowest BCUT2D eigenvalue weighted by molar-refractivity contribution is -0.102. The van der Waals surface area contributed by atoms with Crippen LogP contribution in [0.15, 0.2) is 24.4 Å². The molecule has 1 saturated carbocycles. The third kappa shape index (κ3) is 2.71. The first-order valence-corrected chi connectivity index (χ1v) is 6.55. The Labute approximate surface area is 108 Å². The molecule has 1 aromatic rings. The molecule has 0 saturated heterocycles. The first-order valence-electron chi connectivity index (χ1n) is 6.55. The number of ether oxygens (including phenoxy) is 1. The number of aliphatic hydroxyl groups excluding tert-OH is 1. The van der Waals surface area contributed by atoms with E-state index in [1.807, 2.05) is 18.2 Å². The van der Waals surface area contributed by atoms with Crippen molar-refractivity contribution in [3.63, 3.8) is 0 Å². The Balaban J connectivity index is 2.04. The van der Waals surface area contributed by atoms with Gasteiger partial charge < -0.3 is 15.6 Å². The fourth-order valence-corrected chi connectivity index (χ4v) is 2.66. The predicted octanol–water partition coefficient (Wildman–Crippen LogP) is 1.44. The van der Waals surface area contributed by atoms with E-state index in [9.17, 15) is 5.11 Å². The Morgan fingerprint density at radius 2 is 2.28 bits per heavy atom. The third-order valence-electron chi connectivity index (χ3n) is 4.07. The minimum Gasteiger partial charge on any atom is -0.392 e. The van der Waals surface area contributed by atoms with Crippen molar-refractivity contribution in [2.75, 3.05) is 13.7 Å². The molecule has 2 rings (SSSR count). The lowest BCUT2D eigenvalue weighted by atomic mass is 9.74. The van der Waals surface area contributed by atoms with Gasteiger partial charge in [-0.15, -0.1) is 0 Å². The third-order valence-corrected chi connectivity index (χ3v) is 4.07. The maximum atomic E-state index is 10.4. The van der Waals surface area contributed by atoms with Gasteiger partial charge in [0.1, 0.15) is 0 Å². The first kappa shape index (κ1) is 13.5. The van der Waals surface area contributed by atoms with E-state index in [0.717, 1.165) is 18.5 Å². The van der Waals surface area contributed by atoms with Crippen molar-refractivity contribution in [3.8, 4) is 0 Å². The molecule has 1 aromatic heterocycles. The van der Waals surface area contributed by atoms with Crippen LogP contribution >= 0.6 is 0 Å². The van der Waals surface area contributed by atoms with Crippen LogP contribution in [0.5, 0.6) is 0 Å². The second-order valence-electron chi connectivity index (χ2n) is 5.11. The van der Waals surface area contributed by atoms with Crippen LogP contribution in [0.25, 0.3) is 0 Å². The molecule has 4 heteroatoms. The smallest absolute Gasteiger partial charge is 0.0703 e. The summed E-state index contributed by atoms with van der Waals surface area (Å²) in [7, 11) is 1.73.